The molecular formula is C17H32IN5S. The van der Waals surface area contributed by atoms with E-state index in [1.165, 1.54) is 31.0 Å². The van der Waals surface area contributed by atoms with Gasteiger partial charge in [0, 0.05) is 69.9 Å². The first-order valence-electron chi connectivity index (χ1n) is 9.09. The van der Waals surface area contributed by atoms with Crippen LogP contribution in [0.5, 0.6) is 0 Å². The topological polar surface area (TPSA) is 34.1 Å². The fourth-order valence-corrected chi connectivity index (χ4v) is 4.55. The summed E-state index contributed by atoms with van der Waals surface area (Å²) in [6.07, 6.45) is 5.84. The number of thioether (sulfide) groups is 1. The van der Waals surface area contributed by atoms with E-state index in [1.807, 2.05) is 0 Å². The molecule has 0 bridgehead atoms. The molecule has 3 aliphatic heterocycles. The monoisotopic (exact) mass is 465 g/mol. The molecule has 138 valence electrons. The molecule has 3 rings (SSSR count). The molecule has 0 radical (unpaired) electrons. The number of aliphatic imine (C=N–C) groups is 1. The fourth-order valence-electron chi connectivity index (χ4n) is 3.57. The van der Waals surface area contributed by atoms with E-state index in [0.717, 1.165) is 51.8 Å². The number of hydrogen-bond donors (Lipinski definition) is 1. The second kappa shape index (κ2) is 10.9. The summed E-state index contributed by atoms with van der Waals surface area (Å²) in [6, 6.07) is 0.688. The molecule has 0 amide bonds. The van der Waals surface area contributed by atoms with Crippen LogP contribution in [0.25, 0.3) is 0 Å². The average Bonchev–Trinajstić information content (AvgIpc) is 3.26. The molecule has 0 aliphatic carbocycles. The van der Waals surface area contributed by atoms with Gasteiger partial charge in [0.15, 0.2) is 5.96 Å². The highest BCUT2D eigenvalue weighted by molar-refractivity contribution is 14.0. The molecule has 0 aromatic heterocycles. The van der Waals surface area contributed by atoms with Crippen molar-refractivity contribution in [3.63, 3.8) is 0 Å². The minimum Gasteiger partial charge on any atom is -0.357 e. The van der Waals surface area contributed by atoms with Gasteiger partial charge in [-0.05, 0) is 13.3 Å². The molecular weight excluding hydrogens is 433 g/mol. The summed E-state index contributed by atoms with van der Waals surface area (Å²) in [5, 5.41) is 3.49. The van der Waals surface area contributed by atoms with Crippen molar-refractivity contribution < 1.29 is 0 Å². The lowest BCUT2D eigenvalue weighted by molar-refractivity contribution is 0.259. The number of nitrogens with zero attached hydrogens (tertiary/aromatic N) is 4. The Morgan fingerprint density at radius 2 is 1.96 bits per heavy atom. The van der Waals surface area contributed by atoms with Crippen molar-refractivity contribution in [2.24, 2.45) is 4.99 Å². The molecule has 1 atom stereocenters. The van der Waals surface area contributed by atoms with Crippen molar-refractivity contribution in [2.75, 3.05) is 70.4 Å². The van der Waals surface area contributed by atoms with E-state index in [1.54, 1.807) is 0 Å². The Kier molecular flexibility index (Phi) is 9.21. The normalized spacial score (nSPS) is 26.0. The van der Waals surface area contributed by atoms with Crippen LogP contribution in [0.2, 0.25) is 0 Å². The zero-order valence-corrected chi connectivity index (χ0v) is 18.0. The van der Waals surface area contributed by atoms with Crippen LogP contribution in [0.4, 0.5) is 0 Å². The lowest BCUT2D eigenvalue weighted by Gasteiger charge is -2.27. The Morgan fingerprint density at radius 3 is 2.67 bits per heavy atom. The molecule has 0 spiro atoms. The number of guanidine groups is 1. The molecule has 7 heteroatoms. The molecule has 1 N–H and O–H groups in total. The van der Waals surface area contributed by atoms with E-state index in [4.69, 9.17) is 4.99 Å². The minimum absolute atomic E-state index is 0. The van der Waals surface area contributed by atoms with Crippen LogP contribution in [0.3, 0.4) is 0 Å². The van der Waals surface area contributed by atoms with Crippen molar-refractivity contribution >= 4 is 41.7 Å². The third-order valence-electron chi connectivity index (χ3n) is 4.94. The summed E-state index contributed by atoms with van der Waals surface area (Å²) < 4.78 is 0. The largest absolute Gasteiger partial charge is 0.357 e. The van der Waals surface area contributed by atoms with Gasteiger partial charge in [0.2, 0.25) is 0 Å². The SMILES string of the molecule is CCNC(=NCCN1CCSCC1)N1CCC(N2CC=CC2)C1.I. The highest BCUT2D eigenvalue weighted by Gasteiger charge is 2.29. The number of halogens is 1. The molecule has 0 aromatic rings. The maximum atomic E-state index is 4.90. The number of rotatable bonds is 5. The van der Waals surface area contributed by atoms with Gasteiger partial charge in [0.05, 0.1) is 6.54 Å². The van der Waals surface area contributed by atoms with Gasteiger partial charge in [-0.1, -0.05) is 12.2 Å². The molecule has 3 heterocycles. The van der Waals surface area contributed by atoms with Gasteiger partial charge in [-0.25, -0.2) is 0 Å². The van der Waals surface area contributed by atoms with Crippen molar-refractivity contribution in [3.8, 4) is 0 Å². The smallest absolute Gasteiger partial charge is 0.194 e. The summed E-state index contributed by atoms with van der Waals surface area (Å²) in [5.41, 5.74) is 0. The molecule has 5 nitrogen and oxygen atoms in total. The predicted molar refractivity (Wildman–Crippen MR) is 116 cm³/mol. The summed E-state index contributed by atoms with van der Waals surface area (Å²) in [6.45, 7) is 12.1. The number of hydrogen-bond acceptors (Lipinski definition) is 4. The van der Waals surface area contributed by atoms with Gasteiger partial charge in [-0.3, -0.25) is 14.8 Å². The van der Waals surface area contributed by atoms with Crippen molar-refractivity contribution in [1.82, 2.24) is 20.0 Å². The van der Waals surface area contributed by atoms with Gasteiger partial charge in [0.1, 0.15) is 0 Å². The van der Waals surface area contributed by atoms with Gasteiger partial charge in [-0.15, -0.1) is 24.0 Å². The molecule has 1 unspecified atom stereocenters. The first-order valence-corrected chi connectivity index (χ1v) is 10.2. The minimum atomic E-state index is 0. The van der Waals surface area contributed by atoms with Crippen LogP contribution < -0.4 is 5.32 Å². The van der Waals surface area contributed by atoms with Crippen LogP contribution >= 0.6 is 35.7 Å². The maximum absolute atomic E-state index is 4.90. The summed E-state index contributed by atoms with van der Waals surface area (Å²) in [7, 11) is 0. The molecule has 3 aliphatic rings. The first kappa shape index (κ1) is 20.3. The Bertz CT molecular complexity index is 417. The summed E-state index contributed by atoms with van der Waals surface area (Å²) in [5.74, 6) is 3.68. The fraction of sp³-hybridized carbons (Fsp3) is 0.824. The van der Waals surface area contributed by atoms with E-state index in [2.05, 4.69) is 50.9 Å². The standard InChI is InChI=1S/C17H31N5S.HI/c1-2-18-17(19-6-10-20-11-13-23-14-12-20)22-9-5-16(15-22)21-7-3-4-8-21;/h3-4,16H,2,5-15H2,1H3,(H,18,19);1H. The maximum Gasteiger partial charge on any atom is 0.194 e. The molecule has 2 saturated heterocycles. The number of nitrogens with one attached hydrogen (secondary N) is 1. The van der Waals surface area contributed by atoms with Crippen molar-refractivity contribution in [1.29, 1.82) is 0 Å². The van der Waals surface area contributed by atoms with Gasteiger partial charge >= 0.3 is 0 Å². The van der Waals surface area contributed by atoms with E-state index in [0.29, 0.717) is 6.04 Å². The van der Waals surface area contributed by atoms with Gasteiger partial charge in [-0.2, -0.15) is 11.8 Å². The average molecular weight is 465 g/mol. The molecule has 0 aromatic carbocycles. The lowest BCUT2D eigenvalue weighted by Crippen LogP contribution is -2.43. The Balaban J connectivity index is 0.00000208. The molecule has 24 heavy (non-hydrogen) atoms. The lowest BCUT2D eigenvalue weighted by atomic mass is 10.2. The Hall–Kier alpha value is 0.01000. The molecule has 0 saturated carbocycles. The van der Waals surface area contributed by atoms with Crippen molar-refractivity contribution in [3.05, 3.63) is 12.2 Å². The third kappa shape index (κ3) is 5.78. The van der Waals surface area contributed by atoms with Crippen LogP contribution in [0.15, 0.2) is 17.1 Å². The van der Waals surface area contributed by atoms with Gasteiger partial charge in [0.25, 0.3) is 0 Å². The third-order valence-corrected chi connectivity index (χ3v) is 5.88. The van der Waals surface area contributed by atoms with Crippen LogP contribution in [0, 0.1) is 0 Å². The zero-order chi connectivity index (χ0) is 15.9. The van der Waals surface area contributed by atoms with E-state index < -0.39 is 0 Å². The number of likely N-dealkylation sites (tertiary alicyclic amines) is 1. The van der Waals surface area contributed by atoms with E-state index in [-0.39, 0.29) is 24.0 Å². The van der Waals surface area contributed by atoms with Crippen LogP contribution in [0.1, 0.15) is 13.3 Å². The second-order valence-corrected chi connectivity index (χ2v) is 7.73. The quantitative estimate of drug-likeness (QED) is 0.289. The van der Waals surface area contributed by atoms with Crippen LogP contribution in [-0.2, 0) is 0 Å². The zero-order valence-electron chi connectivity index (χ0n) is 14.8. The first-order chi connectivity index (χ1) is 11.4. The van der Waals surface area contributed by atoms with E-state index in [9.17, 15) is 0 Å². The highest BCUT2D eigenvalue weighted by atomic mass is 127. The Labute approximate surface area is 168 Å². The summed E-state index contributed by atoms with van der Waals surface area (Å²) >= 11 is 2.07. The molecule has 2 fully saturated rings. The highest BCUT2D eigenvalue weighted by Crippen LogP contribution is 2.18. The Morgan fingerprint density at radius 1 is 1.21 bits per heavy atom. The van der Waals surface area contributed by atoms with Crippen LogP contribution in [-0.4, -0.2) is 97.1 Å². The van der Waals surface area contributed by atoms with E-state index >= 15 is 0 Å². The second-order valence-electron chi connectivity index (χ2n) is 6.50. The predicted octanol–water partition coefficient (Wildman–Crippen LogP) is 1.56. The van der Waals surface area contributed by atoms with Gasteiger partial charge < -0.3 is 10.2 Å². The van der Waals surface area contributed by atoms with Crippen molar-refractivity contribution in [2.45, 2.75) is 19.4 Å². The summed E-state index contributed by atoms with van der Waals surface area (Å²) in [4.78, 5) is 12.5.